The highest BCUT2D eigenvalue weighted by Gasteiger charge is 2.16. The molecule has 0 spiro atoms. The highest BCUT2D eigenvalue weighted by Crippen LogP contribution is 2.21. The van der Waals surface area contributed by atoms with Crippen LogP contribution in [0.5, 0.6) is 0 Å². The molecular formula is C15H27N3O. The average Bonchev–Trinajstić information content (AvgIpc) is 2.40. The van der Waals surface area contributed by atoms with E-state index in [-0.39, 0.29) is 6.04 Å². The summed E-state index contributed by atoms with van der Waals surface area (Å²) in [4.78, 5) is 6.83. The number of rotatable bonds is 8. The van der Waals surface area contributed by atoms with Crippen LogP contribution in [0.1, 0.15) is 32.8 Å². The molecule has 4 heteroatoms. The van der Waals surface area contributed by atoms with Crippen LogP contribution in [0.3, 0.4) is 0 Å². The van der Waals surface area contributed by atoms with Crippen molar-refractivity contribution in [2.24, 2.45) is 5.73 Å². The third-order valence-corrected chi connectivity index (χ3v) is 3.31. The molecule has 108 valence electrons. The van der Waals surface area contributed by atoms with Gasteiger partial charge in [-0.15, -0.1) is 0 Å². The fourth-order valence-electron chi connectivity index (χ4n) is 2.07. The Kier molecular flexibility index (Phi) is 6.81. The lowest BCUT2D eigenvalue weighted by Crippen LogP contribution is -2.36. The number of nitrogens with zero attached hydrogens (tertiary/aromatic N) is 2. The standard InChI is InChI=1S/C15H27N3O/c1-5-14(16)11-13-7-6-8-17-15(13)18(12(2)3)9-10-19-4/h6-8,12,14H,5,9-11,16H2,1-4H3. The molecule has 4 nitrogen and oxygen atoms in total. The summed E-state index contributed by atoms with van der Waals surface area (Å²) >= 11 is 0. The summed E-state index contributed by atoms with van der Waals surface area (Å²) in [6.07, 6.45) is 3.70. The monoisotopic (exact) mass is 265 g/mol. The molecule has 1 atom stereocenters. The van der Waals surface area contributed by atoms with Crippen LogP contribution in [0.25, 0.3) is 0 Å². The van der Waals surface area contributed by atoms with Crippen LogP contribution in [0.15, 0.2) is 18.3 Å². The van der Waals surface area contributed by atoms with E-state index in [1.54, 1.807) is 7.11 Å². The van der Waals surface area contributed by atoms with E-state index in [2.05, 4.69) is 36.7 Å². The highest BCUT2D eigenvalue weighted by molar-refractivity contribution is 5.47. The number of hydrogen-bond donors (Lipinski definition) is 1. The van der Waals surface area contributed by atoms with Gasteiger partial charge in [-0.2, -0.15) is 0 Å². The van der Waals surface area contributed by atoms with Gasteiger partial charge in [0.25, 0.3) is 0 Å². The van der Waals surface area contributed by atoms with E-state index in [1.807, 2.05) is 12.3 Å². The van der Waals surface area contributed by atoms with Crippen molar-refractivity contribution in [1.29, 1.82) is 0 Å². The van der Waals surface area contributed by atoms with Gasteiger partial charge in [0.15, 0.2) is 0 Å². The van der Waals surface area contributed by atoms with Gasteiger partial charge in [0.1, 0.15) is 5.82 Å². The topological polar surface area (TPSA) is 51.4 Å². The molecule has 0 amide bonds. The van der Waals surface area contributed by atoms with Crippen LogP contribution >= 0.6 is 0 Å². The fraction of sp³-hybridized carbons (Fsp3) is 0.667. The Balaban J connectivity index is 2.94. The van der Waals surface area contributed by atoms with Crippen molar-refractivity contribution in [3.8, 4) is 0 Å². The maximum absolute atomic E-state index is 6.08. The number of ether oxygens (including phenoxy) is 1. The van der Waals surface area contributed by atoms with E-state index in [1.165, 1.54) is 5.56 Å². The number of nitrogens with two attached hydrogens (primary N) is 1. The van der Waals surface area contributed by atoms with Crippen LogP contribution in [0, 0.1) is 0 Å². The number of anilines is 1. The average molecular weight is 265 g/mol. The fourth-order valence-corrected chi connectivity index (χ4v) is 2.07. The molecule has 1 rings (SSSR count). The first-order valence-corrected chi connectivity index (χ1v) is 7.05. The van der Waals surface area contributed by atoms with E-state index in [4.69, 9.17) is 10.5 Å². The van der Waals surface area contributed by atoms with E-state index < -0.39 is 0 Å². The minimum Gasteiger partial charge on any atom is -0.383 e. The third-order valence-electron chi connectivity index (χ3n) is 3.31. The SMILES string of the molecule is CCC(N)Cc1cccnc1N(CCOC)C(C)C. The largest absolute Gasteiger partial charge is 0.383 e. The molecule has 0 saturated carbocycles. The highest BCUT2D eigenvalue weighted by atomic mass is 16.5. The van der Waals surface area contributed by atoms with E-state index >= 15 is 0 Å². The van der Waals surface area contributed by atoms with Gasteiger partial charge in [0, 0.05) is 31.9 Å². The number of methoxy groups -OCH3 is 1. The van der Waals surface area contributed by atoms with Crippen molar-refractivity contribution in [2.45, 2.75) is 45.7 Å². The molecule has 19 heavy (non-hydrogen) atoms. The van der Waals surface area contributed by atoms with Gasteiger partial charge in [0.2, 0.25) is 0 Å². The second-order valence-corrected chi connectivity index (χ2v) is 5.14. The third kappa shape index (κ3) is 4.80. The van der Waals surface area contributed by atoms with Crippen LogP contribution in [-0.2, 0) is 11.2 Å². The second kappa shape index (κ2) is 8.12. The predicted octanol–water partition coefficient (Wildman–Crippen LogP) is 2.22. The molecular weight excluding hydrogens is 238 g/mol. The molecule has 1 aromatic heterocycles. The molecule has 0 radical (unpaired) electrons. The van der Waals surface area contributed by atoms with Crippen molar-refractivity contribution >= 4 is 5.82 Å². The molecule has 0 fully saturated rings. The van der Waals surface area contributed by atoms with Crippen molar-refractivity contribution < 1.29 is 4.74 Å². The zero-order valence-electron chi connectivity index (χ0n) is 12.6. The lowest BCUT2D eigenvalue weighted by Gasteiger charge is -2.30. The summed E-state index contributed by atoms with van der Waals surface area (Å²) in [7, 11) is 1.73. The molecule has 0 aromatic carbocycles. The molecule has 0 aliphatic carbocycles. The van der Waals surface area contributed by atoms with Crippen molar-refractivity contribution in [3.63, 3.8) is 0 Å². The first-order valence-electron chi connectivity index (χ1n) is 7.05. The summed E-state index contributed by atoms with van der Waals surface area (Å²) in [6.45, 7) is 8.02. The van der Waals surface area contributed by atoms with Gasteiger partial charge >= 0.3 is 0 Å². The minimum absolute atomic E-state index is 0.194. The van der Waals surface area contributed by atoms with Crippen molar-refractivity contribution in [1.82, 2.24) is 4.98 Å². The Morgan fingerprint density at radius 2 is 2.16 bits per heavy atom. The van der Waals surface area contributed by atoms with Gasteiger partial charge < -0.3 is 15.4 Å². The van der Waals surface area contributed by atoms with Crippen LogP contribution in [-0.4, -0.2) is 37.3 Å². The van der Waals surface area contributed by atoms with E-state index in [0.717, 1.165) is 25.2 Å². The molecule has 2 N–H and O–H groups in total. The molecule has 0 saturated heterocycles. The van der Waals surface area contributed by atoms with Gasteiger partial charge in [-0.25, -0.2) is 4.98 Å². The van der Waals surface area contributed by atoms with Crippen LogP contribution < -0.4 is 10.6 Å². The normalized spacial score (nSPS) is 12.7. The predicted molar refractivity (Wildman–Crippen MR) is 80.6 cm³/mol. The Morgan fingerprint density at radius 3 is 2.74 bits per heavy atom. The summed E-state index contributed by atoms with van der Waals surface area (Å²) in [6, 6.07) is 4.69. The smallest absolute Gasteiger partial charge is 0.132 e. The molecule has 1 unspecified atom stereocenters. The maximum Gasteiger partial charge on any atom is 0.132 e. The lowest BCUT2D eigenvalue weighted by molar-refractivity contribution is 0.203. The zero-order chi connectivity index (χ0) is 14.3. The molecule has 0 bridgehead atoms. The summed E-state index contributed by atoms with van der Waals surface area (Å²) in [5, 5.41) is 0. The zero-order valence-corrected chi connectivity index (χ0v) is 12.6. The van der Waals surface area contributed by atoms with Gasteiger partial charge in [-0.05, 0) is 38.3 Å². The molecule has 1 heterocycles. The summed E-state index contributed by atoms with van der Waals surface area (Å²) < 4.78 is 5.19. The molecule has 0 aliphatic heterocycles. The van der Waals surface area contributed by atoms with E-state index in [0.29, 0.717) is 12.6 Å². The number of hydrogen-bond acceptors (Lipinski definition) is 4. The summed E-state index contributed by atoms with van der Waals surface area (Å²) in [5.74, 6) is 1.04. The van der Waals surface area contributed by atoms with Crippen molar-refractivity contribution in [3.05, 3.63) is 23.9 Å². The van der Waals surface area contributed by atoms with Crippen molar-refractivity contribution in [2.75, 3.05) is 25.2 Å². The Labute approximate surface area is 117 Å². The van der Waals surface area contributed by atoms with E-state index in [9.17, 15) is 0 Å². The van der Waals surface area contributed by atoms with Crippen LogP contribution in [0.4, 0.5) is 5.82 Å². The lowest BCUT2D eigenvalue weighted by atomic mass is 10.0. The second-order valence-electron chi connectivity index (χ2n) is 5.14. The molecule has 0 aliphatic rings. The number of aromatic nitrogens is 1. The quantitative estimate of drug-likeness (QED) is 0.783. The Bertz CT molecular complexity index is 368. The maximum atomic E-state index is 6.08. The molecule has 1 aromatic rings. The first-order chi connectivity index (χ1) is 9.10. The van der Waals surface area contributed by atoms with Gasteiger partial charge in [-0.3, -0.25) is 0 Å². The Morgan fingerprint density at radius 1 is 1.42 bits per heavy atom. The number of pyridine rings is 1. The van der Waals surface area contributed by atoms with Crippen LogP contribution in [0.2, 0.25) is 0 Å². The van der Waals surface area contributed by atoms with Gasteiger partial charge in [-0.1, -0.05) is 13.0 Å². The summed E-state index contributed by atoms with van der Waals surface area (Å²) in [5.41, 5.74) is 7.30. The van der Waals surface area contributed by atoms with Gasteiger partial charge in [0.05, 0.1) is 6.61 Å². The minimum atomic E-state index is 0.194. The Hall–Kier alpha value is -1.13. The first kappa shape index (κ1) is 15.9.